The van der Waals surface area contributed by atoms with E-state index in [4.69, 9.17) is 37.0 Å². The van der Waals surface area contributed by atoms with Gasteiger partial charge in [-0.05, 0) is 89.9 Å². The number of rotatable bonds is 73. The number of aliphatic hydroxyl groups is 1. The largest absolute Gasteiger partial charge is 0.472 e. The maximum Gasteiger partial charge on any atom is 0.472 e. The molecule has 0 fully saturated rings. The Morgan fingerprint density at radius 2 is 0.542 bits per heavy atom. The Labute approximate surface area is 584 Å². The quantitative estimate of drug-likeness (QED) is 0.0169. The number of allylic oxidation sites excluding steroid dienone is 10. The minimum absolute atomic E-state index is 0.0851. The van der Waals surface area contributed by atoms with Crippen molar-refractivity contribution >= 4 is 39.5 Å². The molecular weight excluding hydrogens is 1260 g/mol. The third-order valence-corrected chi connectivity index (χ3v) is 18.4. The van der Waals surface area contributed by atoms with Gasteiger partial charge in [0, 0.05) is 25.7 Å². The highest BCUT2D eigenvalue weighted by molar-refractivity contribution is 7.47. The van der Waals surface area contributed by atoms with Crippen molar-refractivity contribution in [3.05, 3.63) is 60.8 Å². The predicted octanol–water partition coefficient (Wildman–Crippen LogP) is 21.9. The fraction of sp³-hybridized carbons (Fsp3) is 0.818. The smallest absolute Gasteiger partial charge is 0.462 e. The van der Waals surface area contributed by atoms with E-state index in [1.807, 2.05) is 0 Å². The Balaban J connectivity index is 5.28. The number of aliphatic hydroxyl groups excluding tert-OH is 1. The molecule has 0 aliphatic carbocycles. The third kappa shape index (κ3) is 69.2. The van der Waals surface area contributed by atoms with E-state index in [-0.39, 0.29) is 25.7 Å². The molecule has 0 aromatic carbocycles. The van der Waals surface area contributed by atoms with Gasteiger partial charge in [-0.15, -0.1) is 0 Å². The van der Waals surface area contributed by atoms with E-state index in [2.05, 4.69) is 88.5 Å². The van der Waals surface area contributed by atoms with Crippen LogP contribution in [0.1, 0.15) is 349 Å². The highest BCUT2D eigenvalue weighted by Crippen LogP contribution is 2.45. The molecule has 96 heavy (non-hydrogen) atoms. The van der Waals surface area contributed by atoms with Crippen LogP contribution < -0.4 is 0 Å². The summed E-state index contributed by atoms with van der Waals surface area (Å²) in [6.07, 6.45) is 67.8. The molecule has 17 nitrogen and oxygen atoms in total. The highest BCUT2D eigenvalue weighted by atomic mass is 31.2. The third-order valence-electron chi connectivity index (χ3n) is 16.5. The van der Waals surface area contributed by atoms with E-state index >= 15 is 0 Å². The normalized spacial score (nSPS) is 14.3. The van der Waals surface area contributed by atoms with E-state index in [0.29, 0.717) is 25.7 Å². The minimum Gasteiger partial charge on any atom is -0.462 e. The lowest BCUT2D eigenvalue weighted by atomic mass is 10.0. The summed E-state index contributed by atoms with van der Waals surface area (Å²) in [6.45, 7) is 4.77. The Morgan fingerprint density at radius 1 is 0.302 bits per heavy atom. The second-order valence-electron chi connectivity index (χ2n) is 25.9. The van der Waals surface area contributed by atoms with Crippen LogP contribution in [0, 0.1) is 0 Å². The van der Waals surface area contributed by atoms with E-state index in [9.17, 15) is 43.2 Å². The number of carbonyl (C=O) groups excluding carboxylic acids is 4. The van der Waals surface area contributed by atoms with Crippen LogP contribution in [-0.4, -0.2) is 96.7 Å². The van der Waals surface area contributed by atoms with Crippen LogP contribution in [0.5, 0.6) is 0 Å². The lowest BCUT2D eigenvalue weighted by Crippen LogP contribution is -2.30. The first-order valence-electron chi connectivity index (χ1n) is 38.5. The predicted molar refractivity (Wildman–Crippen MR) is 390 cm³/mol. The van der Waals surface area contributed by atoms with Gasteiger partial charge in [-0.3, -0.25) is 37.3 Å². The number of phosphoric ester groups is 2. The summed E-state index contributed by atoms with van der Waals surface area (Å²) in [5, 5.41) is 10.6. The van der Waals surface area contributed by atoms with Gasteiger partial charge in [0.15, 0.2) is 12.2 Å². The molecule has 0 aliphatic heterocycles. The highest BCUT2D eigenvalue weighted by Gasteiger charge is 2.30. The molecule has 0 spiro atoms. The Morgan fingerprint density at radius 3 is 0.854 bits per heavy atom. The molecule has 3 N–H and O–H groups in total. The molecule has 0 aliphatic rings. The summed E-state index contributed by atoms with van der Waals surface area (Å²) in [7, 11) is -9.93. The van der Waals surface area contributed by atoms with Gasteiger partial charge in [0.25, 0.3) is 0 Å². The van der Waals surface area contributed by atoms with Gasteiger partial charge in [0.1, 0.15) is 19.3 Å². The molecular formula is C77H140O17P2. The molecule has 0 aromatic rings. The average Bonchev–Trinajstić information content (AvgIpc) is 1.17. The van der Waals surface area contributed by atoms with Gasteiger partial charge in [0.05, 0.1) is 26.4 Å². The second-order valence-corrected chi connectivity index (χ2v) is 28.8. The van der Waals surface area contributed by atoms with Crippen LogP contribution in [0.2, 0.25) is 0 Å². The maximum atomic E-state index is 13.1. The van der Waals surface area contributed by atoms with E-state index in [1.165, 1.54) is 122 Å². The summed E-state index contributed by atoms with van der Waals surface area (Å²) in [5.41, 5.74) is 0. The molecule has 19 heteroatoms. The fourth-order valence-electron chi connectivity index (χ4n) is 10.6. The van der Waals surface area contributed by atoms with E-state index < -0.39 is 97.5 Å². The monoisotopic (exact) mass is 1400 g/mol. The Bertz CT molecular complexity index is 2060. The van der Waals surface area contributed by atoms with Gasteiger partial charge in [-0.25, -0.2) is 9.13 Å². The second kappa shape index (κ2) is 70.2. The number of hydrogen-bond donors (Lipinski definition) is 3. The van der Waals surface area contributed by atoms with E-state index in [1.54, 1.807) is 0 Å². The molecule has 0 radical (unpaired) electrons. The standard InChI is InChI=1S/C77H140O17P2/c1-5-9-13-17-21-25-29-32-33-34-35-36-37-40-43-46-50-54-58-62-75(80)88-68-73(94-77(82)64-60-56-52-48-44-39-31-27-23-19-15-11-7-3)70-92-96(85,86)90-66-71(78)65-89-95(83,84)91-69-72(93-76(81)63-59-55-51-47-41-28-24-20-16-12-8-4)67-87-74(79)61-57-53-49-45-42-38-30-26-22-18-14-10-6-2/h9,13,21,25,27,31-33,35-36,71-73,78H,5-8,10-12,14-20,22-24,26,28-30,34,37-70H2,1-4H3,(H,83,84)(H,85,86)/b13-9-,25-21-,31-27-,33-32-,36-35-. The zero-order chi connectivity index (χ0) is 70.4. The SMILES string of the molecule is CC/C=C\C/C=C\C/C=C\C/C=C\CCCCCCCCC(=O)OCC(COP(=O)(O)OCC(O)COP(=O)(O)OCC(COC(=O)CCCCCCCCCCCCCCC)OC(=O)CCCCCCCCCCCCC)OC(=O)CCCCCCC/C=C\CCCCCC. The first-order valence-corrected chi connectivity index (χ1v) is 41.5. The van der Waals surface area contributed by atoms with Crippen molar-refractivity contribution in [2.75, 3.05) is 39.6 Å². The van der Waals surface area contributed by atoms with Crippen LogP contribution >= 0.6 is 15.6 Å². The summed E-state index contributed by atoms with van der Waals surface area (Å²) in [4.78, 5) is 72.8. The number of phosphoric acid groups is 2. The molecule has 5 atom stereocenters. The van der Waals surface area contributed by atoms with Crippen LogP contribution in [0.15, 0.2) is 60.8 Å². The van der Waals surface area contributed by atoms with Crippen molar-refractivity contribution in [3.8, 4) is 0 Å². The van der Waals surface area contributed by atoms with Crippen LogP contribution in [-0.2, 0) is 65.4 Å². The molecule has 5 unspecified atom stereocenters. The molecule has 0 rings (SSSR count). The van der Waals surface area contributed by atoms with Gasteiger partial charge in [0.2, 0.25) is 0 Å². The van der Waals surface area contributed by atoms with Crippen LogP contribution in [0.25, 0.3) is 0 Å². The average molecular weight is 1400 g/mol. The van der Waals surface area contributed by atoms with Gasteiger partial charge in [-0.2, -0.15) is 0 Å². The molecule has 560 valence electrons. The number of ether oxygens (including phenoxy) is 4. The molecule has 0 heterocycles. The van der Waals surface area contributed by atoms with Gasteiger partial charge >= 0.3 is 39.5 Å². The number of hydrogen-bond acceptors (Lipinski definition) is 15. The van der Waals surface area contributed by atoms with Crippen LogP contribution in [0.4, 0.5) is 0 Å². The molecule has 0 bridgehead atoms. The van der Waals surface area contributed by atoms with Crippen molar-refractivity contribution in [3.63, 3.8) is 0 Å². The molecule has 0 amide bonds. The molecule has 0 saturated heterocycles. The molecule has 0 saturated carbocycles. The number of esters is 4. The first kappa shape index (κ1) is 92.8. The van der Waals surface area contributed by atoms with Crippen molar-refractivity contribution in [1.29, 1.82) is 0 Å². The number of carbonyl (C=O) groups is 4. The Kier molecular flexibility index (Phi) is 67.8. The Hall–Kier alpha value is -3.24. The zero-order valence-electron chi connectivity index (χ0n) is 61.1. The van der Waals surface area contributed by atoms with Gasteiger partial charge in [-0.1, -0.05) is 294 Å². The van der Waals surface area contributed by atoms with Crippen LogP contribution in [0.3, 0.4) is 0 Å². The van der Waals surface area contributed by atoms with Gasteiger partial charge < -0.3 is 33.8 Å². The zero-order valence-corrected chi connectivity index (χ0v) is 62.8. The number of unbranched alkanes of at least 4 members (excludes halogenated alkanes) is 37. The fourth-order valence-corrected chi connectivity index (χ4v) is 12.2. The summed E-state index contributed by atoms with van der Waals surface area (Å²) in [5.74, 6) is -2.17. The summed E-state index contributed by atoms with van der Waals surface area (Å²) >= 11 is 0. The maximum absolute atomic E-state index is 13.1. The van der Waals surface area contributed by atoms with Crippen molar-refractivity contribution < 1.29 is 80.2 Å². The topological polar surface area (TPSA) is 237 Å². The van der Waals surface area contributed by atoms with Crippen molar-refractivity contribution in [2.24, 2.45) is 0 Å². The van der Waals surface area contributed by atoms with Crippen molar-refractivity contribution in [1.82, 2.24) is 0 Å². The van der Waals surface area contributed by atoms with Crippen molar-refractivity contribution in [2.45, 2.75) is 367 Å². The lowest BCUT2D eigenvalue weighted by Gasteiger charge is -2.21. The van der Waals surface area contributed by atoms with E-state index in [0.717, 1.165) is 148 Å². The summed E-state index contributed by atoms with van der Waals surface area (Å²) in [6, 6.07) is 0. The summed E-state index contributed by atoms with van der Waals surface area (Å²) < 4.78 is 68.4. The lowest BCUT2D eigenvalue weighted by molar-refractivity contribution is -0.161. The first-order chi connectivity index (χ1) is 46.7. The minimum atomic E-state index is -4.97. The molecule has 0 aromatic heterocycles.